The molecular formula is C26H29F2N3O4. The van der Waals surface area contributed by atoms with E-state index in [1.54, 1.807) is 4.90 Å². The Kier molecular flexibility index (Phi) is 7.16. The molecule has 3 amide bonds. The van der Waals surface area contributed by atoms with Crippen LogP contribution in [0.2, 0.25) is 0 Å². The maximum atomic E-state index is 13.9. The van der Waals surface area contributed by atoms with Gasteiger partial charge in [0.05, 0.1) is 6.61 Å². The van der Waals surface area contributed by atoms with Crippen LogP contribution >= 0.6 is 0 Å². The molecule has 0 unspecified atom stereocenters. The molecule has 186 valence electrons. The molecule has 4 rings (SSSR count). The fraction of sp³-hybridized carbons (Fsp3) is 0.423. The molecule has 0 aliphatic carbocycles. The number of nitrogens with one attached hydrogen (secondary N) is 1. The van der Waals surface area contributed by atoms with Gasteiger partial charge in [0.1, 0.15) is 23.4 Å². The fourth-order valence-corrected chi connectivity index (χ4v) is 4.58. The molecule has 2 heterocycles. The van der Waals surface area contributed by atoms with Crippen LogP contribution in [-0.2, 0) is 9.53 Å². The summed E-state index contributed by atoms with van der Waals surface area (Å²) < 4.78 is 33.3. The third kappa shape index (κ3) is 5.19. The van der Waals surface area contributed by atoms with Crippen molar-refractivity contribution in [2.45, 2.75) is 38.5 Å². The molecule has 0 bridgehead atoms. The Balaban J connectivity index is 1.56. The van der Waals surface area contributed by atoms with E-state index in [-0.39, 0.29) is 55.8 Å². The quantitative estimate of drug-likeness (QED) is 0.706. The van der Waals surface area contributed by atoms with Gasteiger partial charge in [0, 0.05) is 43.6 Å². The number of ether oxygens (including phenoxy) is 1. The van der Waals surface area contributed by atoms with Gasteiger partial charge in [-0.05, 0) is 48.4 Å². The van der Waals surface area contributed by atoms with E-state index in [4.69, 9.17) is 4.74 Å². The van der Waals surface area contributed by atoms with Crippen molar-refractivity contribution in [2.24, 2.45) is 5.92 Å². The first-order valence-electron chi connectivity index (χ1n) is 11.8. The minimum absolute atomic E-state index is 0.0108. The molecule has 7 nitrogen and oxygen atoms in total. The number of benzene rings is 2. The highest BCUT2D eigenvalue weighted by Gasteiger charge is 2.54. The molecule has 2 aliphatic rings. The third-order valence-corrected chi connectivity index (χ3v) is 6.46. The Hall–Kier alpha value is -3.33. The molecule has 2 saturated heterocycles. The lowest BCUT2D eigenvalue weighted by Gasteiger charge is -2.44. The number of carbonyl (C=O) groups excluding carboxylic acids is 3. The second kappa shape index (κ2) is 10.1. The average Bonchev–Trinajstić information content (AvgIpc) is 3.21. The van der Waals surface area contributed by atoms with E-state index in [0.717, 1.165) is 6.07 Å². The third-order valence-electron chi connectivity index (χ3n) is 6.46. The molecule has 2 aliphatic heterocycles. The first-order valence-corrected chi connectivity index (χ1v) is 11.8. The zero-order valence-electron chi connectivity index (χ0n) is 19.8. The number of piperidine rings is 1. The normalized spacial score (nSPS) is 19.3. The number of hydrogen-bond acceptors (Lipinski definition) is 4. The molecular weight excluding hydrogens is 456 g/mol. The van der Waals surface area contributed by atoms with Crippen molar-refractivity contribution >= 4 is 17.7 Å². The number of rotatable bonds is 5. The molecule has 1 N–H and O–H groups in total. The Morgan fingerprint density at radius 3 is 2.31 bits per heavy atom. The molecule has 35 heavy (non-hydrogen) atoms. The van der Waals surface area contributed by atoms with Crippen molar-refractivity contribution in [3.63, 3.8) is 0 Å². The van der Waals surface area contributed by atoms with Crippen molar-refractivity contribution in [1.29, 1.82) is 0 Å². The van der Waals surface area contributed by atoms with Crippen molar-refractivity contribution in [3.05, 3.63) is 71.3 Å². The van der Waals surface area contributed by atoms with E-state index < -0.39 is 29.3 Å². The summed E-state index contributed by atoms with van der Waals surface area (Å²) in [6.07, 6.45) is 0.573. The van der Waals surface area contributed by atoms with Gasteiger partial charge >= 0.3 is 0 Å². The van der Waals surface area contributed by atoms with Crippen LogP contribution in [0.25, 0.3) is 0 Å². The van der Waals surface area contributed by atoms with E-state index in [0.29, 0.717) is 12.1 Å². The zero-order valence-corrected chi connectivity index (χ0v) is 19.8. The van der Waals surface area contributed by atoms with Gasteiger partial charge in [-0.15, -0.1) is 0 Å². The minimum atomic E-state index is -1.09. The second-order valence-corrected chi connectivity index (χ2v) is 9.40. The Morgan fingerprint density at radius 2 is 1.69 bits per heavy atom. The Morgan fingerprint density at radius 1 is 1.00 bits per heavy atom. The maximum absolute atomic E-state index is 13.9. The molecule has 2 aromatic rings. The van der Waals surface area contributed by atoms with Gasteiger partial charge in [-0.3, -0.25) is 19.3 Å². The summed E-state index contributed by atoms with van der Waals surface area (Å²) in [7, 11) is 0. The van der Waals surface area contributed by atoms with Crippen LogP contribution in [0.5, 0.6) is 0 Å². The number of nitrogens with zero attached hydrogens (tertiary/aromatic N) is 2. The summed E-state index contributed by atoms with van der Waals surface area (Å²) in [6, 6.07) is 9.81. The van der Waals surface area contributed by atoms with Crippen LogP contribution in [0.4, 0.5) is 8.78 Å². The first kappa shape index (κ1) is 24.8. The highest BCUT2D eigenvalue weighted by Crippen LogP contribution is 2.39. The standard InChI is InChI=1S/C26H29F2N3O4/c1-17(2)15-29-23(32)22-16-35-26(31(22)25(34)19-4-3-5-21(28)14-19)10-12-30(13-11-26)24(33)18-6-8-20(27)9-7-18/h3-9,14,17,22H,10-13,15-16H2,1-2H3,(H,29,32)/t22-/m1/s1. The number of carbonyl (C=O) groups is 3. The van der Waals surface area contributed by atoms with Crippen LogP contribution in [0, 0.1) is 17.6 Å². The van der Waals surface area contributed by atoms with Crippen LogP contribution in [0.3, 0.4) is 0 Å². The molecule has 0 aromatic heterocycles. The zero-order chi connectivity index (χ0) is 25.2. The summed E-state index contributed by atoms with van der Waals surface area (Å²) >= 11 is 0. The highest BCUT2D eigenvalue weighted by atomic mass is 19.1. The topological polar surface area (TPSA) is 79.0 Å². The van der Waals surface area contributed by atoms with Crippen LogP contribution in [-0.4, -0.2) is 65.5 Å². The Labute approximate surface area is 203 Å². The van der Waals surface area contributed by atoms with E-state index >= 15 is 0 Å². The molecule has 2 fully saturated rings. The maximum Gasteiger partial charge on any atom is 0.256 e. The lowest BCUT2D eigenvalue weighted by atomic mass is 9.96. The summed E-state index contributed by atoms with van der Waals surface area (Å²) in [5.74, 6) is -1.82. The summed E-state index contributed by atoms with van der Waals surface area (Å²) in [5, 5.41) is 2.86. The highest BCUT2D eigenvalue weighted by molar-refractivity contribution is 5.98. The lowest BCUT2D eigenvalue weighted by Crippen LogP contribution is -2.60. The Bertz CT molecular complexity index is 1100. The van der Waals surface area contributed by atoms with Gasteiger partial charge in [0.25, 0.3) is 11.8 Å². The number of halogens is 2. The fourth-order valence-electron chi connectivity index (χ4n) is 4.58. The second-order valence-electron chi connectivity index (χ2n) is 9.40. The SMILES string of the molecule is CC(C)CNC(=O)[C@H]1COC2(CCN(C(=O)c3ccc(F)cc3)CC2)N1C(=O)c1cccc(F)c1. The molecule has 9 heteroatoms. The van der Waals surface area contributed by atoms with E-state index in [1.807, 2.05) is 13.8 Å². The van der Waals surface area contributed by atoms with Gasteiger partial charge in [0.15, 0.2) is 0 Å². The number of hydrogen-bond donors (Lipinski definition) is 1. The molecule has 2 aromatic carbocycles. The largest absolute Gasteiger partial charge is 0.354 e. The van der Waals surface area contributed by atoms with E-state index in [9.17, 15) is 23.2 Å². The number of amides is 3. The molecule has 1 atom stereocenters. The van der Waals surface area contributed by atoms with Gasteiger partial charge < -0.3 is 15.0 Å². The first-order chi connectivity index (χ1) is 16.7. The van der Waals surface area contributed by atoms with Gasteiger partial charge in [0.2, 0.25) is 5.91 Å². The van der Waals surface area contributed by atoms with Gasteiger partial charge in [-0.1, -0.05) is 19.9 Å². The van der Waals surface area contributed by atoms with Crippen molar-refractivity contribution in [3.8, 4) is 0 Å². The van der Waals surface area contributed by atoms with Crippen molar-refractivity contribution < 1.29 is 27.9 Å². The van der Waals surface area contributed by atoms with E-state index in [1.165, 1.54) is 47.4 Å². The van der Waals surface area contributed by atoms with Gasteiger partial charge in [-0.2, -0.15) is 0 Å². The van der Waals surface area contributed by atoms with Crippen LogP contribution < -0.4 is 5.32 Å². The van der Waals surface area contributed by atoms with Crippen LogP contribution in [0.1, 0.15) is 47.4 Å². The smallest absolute Gasteiger partial charge is 0.256 e. The average molecular weight is 486 g/mol. The monoisotopic (exact) mass is 485 g/mol. The van der Waals surface area contributed by atoms with Crippen molar-refractivity contribution in [1.82, 2.24) is 15.1 Å². The summed E-state index contributed by atoms with van der Waals surface area (Å²) in [5.41, 5.74) is -0.599. The number of likely N-dealkylation sites (tertiary alicyclic amines) is 1. The summed E-state index contributed by atoms with van der Waals surface area (Å²) in [6.45, 7) is 4.96. The van der Waals surface area contributed by atoms with Crippen LogP contribution in [0.15, 0.2) is 48.5 Å². The molecule has 1 spiro atoms. The molecule has 0 saturated carbocycles. The molecule has 0 radical (unpaired) electrons. The lowest BCUT2D eigenvalue weighted by molar-refractivity contribution is -0.128. The predicted molar refractivity (Wildman–Crippen MR) is 124 cm³/mol. The predicted octanol–water partition coefficient (Wildman–Crippen LogP) is 3.21. The minimum Gasteiger partial charge on any atom is -0.354 e. The van der Waals surface area contributed by atoms with E-state index in [2.05, 4.69) is 5.32 Å². The van der Waals surface area contributed by atoms with Crippen molar-refractivity contribution in [2.75, 3.05) is 26.2 Å². The van der Waals surface area contributed by atoms with Gasteiger partial charge in [-0.25, -0.2) is 8.78 Å². The summed E-state index contributed by atoms with van der Waals surface area (Å²) in [4.78, 5) is 42.5.